The molecule has 0 radical (unpaired) electrons. The van der Waals surface area contributed by atoms with Gasteiger partial charge in [-0.05, 0) is 52.4 Å². The van der Waals surface area contributed by atoms with Crippen molar-refractivity contribution in [3.8, 4) is 5.88 Å². The fourth-order valence-corrected chi connectivity index (χ4v) is 3.65. The molecular formula is C24H21BrClN3O4. The number of carbonyl (C=O) groups excluding carboxylic acids is 1. The van der Waals surface area contributed by atoms with Crippen LogP contribution < -0.4 is 4.74 Å². The molecule has 0 saturated carbocycles. The van der Waals surface area contributed by atoms with E-state index in [1.165, 1.54) is 13.3 Å². The molecule has 0 N–H and O–H groups in total. The SMILES string of the molecule is [C-]#[N+]c1ccc(COc2ccnc(Cl)n2)c(CCOCc2cc(Br)ccc2CC(=O)OC)c1. The molecule has 0 amide bonds. The second-order valence-electron chi connectivity index (χ2n) is 6.99. The number of nitrogens with zero attached hydrogens (tertiary/aromatic N) is 3. The van der Waals surface area contributed by atoms with E-state index < -0.39 is 0 Å². The zero-order valence-corrected chi connectivity index (χ0v) is 20.2. The van der Waals surface area contributed by atoms with Gasteiger partial charge in [-0.25, -0.2) is 9.83 Å². The average Bonchev–Trinajstić information content (AvgIpc) is 2.82. The monoisotopic (exact) mass is 529 g/mol. The summed E-state index contributed by atoms with van der Waals surface area (Å²) in [5, 5.41) is 0.114. The number of rotatable bonds is 10. The normalized spacial score (nSPS) is 10.5. The highest BCUT2D eigenvalue weighted by atomic mass is 79.9. The lowest BCUT2D eigenvalue weighted by Gasteiger charge is -2.13. The summed E-state index contributed by atoms with van der Waals surface area (Å²) in [5.41, 5.74) is 4.19. The van der Waals surface area contributed by atoms with E-state index in [2.05, 4.69) is 30.7 Å². The highest BCUT2D eigenvalue weighted by Crippen LogP contribution is 2.22. The zero-order valence-electron chi connectivity index (χ0n) is 17.9. The number of carbonyl (C=O) groups is 1. The Labute approximate surface area is 205 Å². The number of esters is 1. The summed E-state index contributed by atoms with van der Waals surface area (Å²) in [6.07, 6.45) is 2.30. The third-order valence-electron chi connectivity index (χ3n) is 4.80. The summed E-state index contributed by atoms with van der Waals surface area (Å²) in [6.45, 7) is 8.35. The van der Waals surface area contributed by atoms with Crippen LogP contribution in [0.15, 0.2) is 53.1 Å². The molecule has 3 rings (SSSR count). The van der Waals surface area contributed by atoms with E-state index in [1.807, 2.05) is 30.3 Å². The second kappa shape index (κ2) is 12.3. The molecule has 0 fully saturated rings. The van der Waals surface area contributed by atoms with Gasteiger partial charge in [0.1, 0.15) is 6.61 Å². The van der Waals surface area contributed by atoms with Crippen molar-refractivity contribution in [3.63, 3.8) is 0 Å². The van der Waals surface area contributed by atoms with Gasteiger partial charge < -0.3 is 14.2 Å². The van der Waals surface area contributed by atoms with Gasteiger partial charge in [-0.15, -0.1) is 0 Å². The first-order chi connectivity index (χ1) is 16.0. The van der Waals surface area contributed by atoms with Crippen LogP contribution in [0, 0.1) is 6.57 Å². The van der Waals surface area contributed by atoms with Crippen LogP contribution in [0.1, 0.15) is 22.3 Å². The van der Waals surface area contributed by atoms with Crippen molar-refractivity contribution in [1.29, 1.82) is 0 Å². The van der Waals surface area contributed by atoms with Crippen LogP contribution >= 0.6 is 27.5 Å². The van der Waals surface area contributed by atoms with Crippen molar-refractivity contribution in [2.24, 2.45) is 0 Å². The van der Waals surface area contributed by atoms with Gasteiger partial charge >= 0.3 is 5.97 Å². The van der Waals surface area contributed by atoms with Crippen LogP contribution in [0.2, 0.25) is 5.28 Å². The summed E-state index contributed by atoms with van der Waals surface area (Å²) >= 11 is 9.27. The van der Waals surface area contributed by atoms with Crippen molar-refractivity contribution in [2.45, 2.75) is 26.1 Å². The predicted molar refractivity (Wildman–Crippen MR) is 127 cm³/mol. The number of aromatic nitrogens is 2. The Morgan fingerprint density at radius 2 is 1.91 bits per heavy atom. The second-order valence-corrected chi connectivity index (χ2v) is 8.24. The van der Waals surface area contributed by atoms with E-state index in [0.29, 0.717) is 31.2 Å². The lowest BCUT2D eigenvalue weighted by molar-refractivity contribution is -0.139. The maximum absolute atomic E-state index is 11.7. The van der Waals surface area contributed by atoms with Crippen molar-refractivity contribution in [2.75, 3.05) is 13.7 Å². The summed E-state index contributed by atoms with van der Waals surface area (Å²) in [6, 6.07) is 12.8. The lowest BCUT2D eigenvalue weighted by atomic mass is 10.0. The minimum atomic E-state index is -0.302. The van der Waals surface area contributed by atoms with E-state index in [4.69, 9.17) is 32.4 Å². The first-order valence-electron chi connectivity index (χ1n) is 10.0. The van der Waals surface area contributed by atoms with Crippen molar-refractivity contribution < 1.29 is 19.0 Å². The van der Waals surface area contributed by atoms with E-state index in [-0.39, 0.29) is 24.3 Å². The molecule has 9 heteroatoms. The van der Waals surface area contributed by atoms with Gasteiger partial charge in [0.05, 0.1) is 33.3 Å². The molecule has 0 aliphatic carbocycles. The third-order valence-corrected chi connectivity index (χ3v) is 5.47. The highest BCUT2D eigenvalue weighted by Gasteiger charge is 2.10. The Hall–Kier alpha value is -2.99. The van der Waals surface area contributed by atoms with E-state index >= 15 is 0 Å². The van der Waals surface area contributed by atoms with Crippen molar-refractivity contribution >= 4 is 39.2 Å². The molecule has 3 aromatic rings. The summed E-state index contributed by atoms with van der Waals surface area (Å²) in [4.78, 5) is 23.1. The topological polar surface area (TPSA) is 74.9 Å². The molecule has 170 valence electrons. The summed E-state index contributed by atoms with van der Waals surface area (Å²) < 4.78 is 17.3. The lowest BCUT2D eigenvalue weighted by Crippen LogP contribution is -2.09. The van der Waals surface area contributed by atoms with Crippen LogP contribution in [0.25, 0.3) is 4.85 Å². The van der Waals surface area contributed by atoms with Gasteiger partial charge in [-0.2, -0.15) is 4.98 Å². The number of hydrogen-bond donors (Lipinski definition) is 0. The Morgan fingerprint density at radius 1 is 1.09 bits per heavy atom. The highest BCUT2D eigenvalue weighted by molar-refractivity contribution is 9.10. The molecule has 0 atom stereocenters. The number of benzene rings is 2. The molecule has 2 aromatic carbocycles. The van der Waals surface area contributed by atoms with Gasteiger partial charge in [0.15, 0.2) is 5.69 Å². The molecule has 0 unspecified atom stereocenters. The van der Waals surface area contributed by atoms with Crippen LogP contribution in [-0.2, 0) is 40.3 Å². The quantitative estimate of drug-likeness (QED) is 0.149. The third kappa shape index (κ3) is 7.53. The molecule has 7 nitrogen and oxygen atoms in total. The standard InChI is InChI=1S/C24H21BrClN3O4/c1-27-21-6-4-18(15-33-22-7-9-28-24(26)29-22)17(12-21)8-10-32-14-19-11-20(25)5-3-16(19)13-23(30)31-2/h3-7,9,11-12H,8,10,13-15H2,2H3. The van der Waals surface area contributed by atoms with Gasteiger partial charge in [-0.1, -0.05) is 40.2 Å². The molecular weight excluding hydrogens is 510 g/mol. The van der Waals surface area contributed by atoms with Crippen LogP contribution in [-0.4, -0.2) is 29.7 Å². The smallest absolute Gasteiger partial charge is 0.309 e. The van der Waals surface area contributed by atoms with Crippen LogP contribution in [0.4, 0.5) is 5.69 Å². The molecule has 0 bridgehead atoms. The fraction of sp³-hybridized carbons (Fsp3) is 0.250. The maximum Gasteiger partial charge on any atom is 0.309 e. The van der Waals surface area contributed by atoms with E-state index in [0.717, 1.165) is 26.7 Å². The number of hydrogen-bond acceptors (Lipinski definition) is 6. The Kier molecular flexibility index (Phi) is 9.19. The Balaban J connectivity index is 1.63. The Morgan fingerprint density at radius 3 is 2.67 bits per heavy atom. The van der Waals surface area contributed by atoms with Gasteiger partial charge in [0, 0.05) is 16.7 Å². The number of methoxy groups -OCH3 is 1. The zero-order chi connectivity index (χ0) is 23.6. The largest absolute Gasteiger partial charge is 0.473 e. The van der Waals surface area contributed by atoms with E-state index in [1.54, 1.807) is 12.1 Å². The molecule has 33 heavy (non-hydrogen) atoms. The van der Waals surface area contributed by atoms with Gasteiger partial charge in [0.2, 0.25) is 11.2 Å². The van der Waals surface area contributed by atoms with Crippen LogP contribution in [0.3, 0.4) is 0 Å². The first-order valence-corrected chi connectivity index (χ1v) is 11.2. The number of ether oxygens (including phenoxy) is 3. The minimum Gasteiger partial charge on any atom is -0.473 e. The maximum atomic E-state index is 11.7. The van der Waals surface area contributed by atoms with Crippen molar-refractivity contribution in [3.05, 3.63) is 92.1 Å². The summed E-state index contributed by atoms with van der Waals surface area (Å²) in [5.74, 6) is 0.0726. The van der Waals surface area contributed by atoms with Crippen molar-refractivity contribution in [1.82, 2.24) is 9.97 Å². The number of halogens is 2. The van der Waals surface area contributed by atoms with Gasteiger partial charge in [-0.3, -0.25) is 4.79 Å². The average molecular weight is 531 g/mol. The molecule has 0 aliphatic rings. The molecule has 0 aliphatic heterocycles. The predicted octanol–water partition coefficient (Wildman–Crippen LogP) is 5.50. The molecule has 1 heterocycles. The molecule has 0 spiro atoms. The first kappa shape index (κ1) is 24.6. The Bertz CT molecular complexity index is 1170. The fourth-order valence-electron chi connectivity index (χ4n) is 3.10. The molecule has 1 aromatic heterocycles. The van der Waals surface area contributed by atoms with Gasteiger partial charge in [0.25, 0.3) is 0 Å². The summed E-state index contributed by atoms with van der Waals surface area (Å²) in [7, 11) is 1.37. The van der Waals surface area contributed by atoms with E-state index in [9.17, 15) is 4.79 Å². The molecule has 0 saturated heterocycles. The van der Waals surface area contributed by atoms with Crippen LogP contribution in [0.5, 0.6) is 5.88 Å². The minimum absolute atomic E-state index is 0.114.